The lowest BCUT2D eigenvalue weighted by atomic mass is 10.0. The zero-order valence-corrected chi connectivity index (χ0v) is 8.42. The van der Waals surface area contributed by atoms with Crippen LogP contribution in [0.15, 0.2) is 53.4 Å². The Balaban J connectivity index is 2.19. The molecule has 0 saturated heterocycles. The first-order chi connectivity index (χ1) is 7.95. The van der Waals surface area contributed by atoms with E-state index in [2.05, 4.69) is 15.4 Å². The van der Waals surface area contributed by atoms with Gasteiger partial charge in [0, 0.05) is 23.4 Å². The van der Waals surface area contributed by atoms with E-state index in [-0.39, 0.29) is 0 Å². The summed E-state index contributed by atoms with van der Waals surface area (Å²) in [5.41, 5.74) is 3.89. The molecule has 0 atom stereocenters. The van der Waals surface area contributed by atoms with Gasteiger partial charge in [-0.05, 0) is 6.07 Å². The van der Waals surface area contributed by atoms with E-state index in [1.165, 1.54) is 0 Å². The van der Waals surface area contributed by atoms with Crippen LogP contribution in [0.3, 0.4) is 0 Å². The number of hydrogen-bond acceptors (Lipinski definition) is 3. The van der Waals surface area contributed by atoms with Crippen LogP contribution < -0.4 is 0 Å². The zero-order valence-electron chi connectivity index (χ0n) is 8.42. The summed E-state index contributed by atoms with van der Waals surface area (Å²) in [6, 6.07) is 11.8. The molecule has 2 aromatic heterocycles. The molecule has 16 heavy (non-hydrogen) atoms. The fourth-order valence-corrected chi connectivity index (χ4v) is 1.70. The maximum Gasteiger partial charge on any atom is 0.124 e. The van der Waals surface area contributed by atoms with Crippen molar-refractivity contribution in [3.8, 4) is 22.5 Å². The van der Waals surface area contributed by atoms with Crippen LogP contribution in [0, 0.1) is 0 Å². The monoisotopic (exact) mass is 211 g/mol. The highest BCUT2D eigenvalue weighted by atomic mass is 16.5. The number of nitrogens with zero attached hydrogens (tertiary/aromatic N) is 2. The number of rotatable bonds is 2. The third kappa shape index (κ3) is 1.40. The van der Waals surface area contributed by atoms with Crippen LogP contribution in [0.2, 0.25) is 0 Å². The van der Waals surface area contributed by atoms with Gasteiger partial charge in [-0.2, -0.15) is 5.10 Å². The first-order valence-electron chi connectivity index (χ1n) is 4.95. The van der Waals surface area contributed by atoms with Crippen molar-refractivity contribution in [3.63, 3.8) is 0 Å². The van der Waals surface area contributed by atoms with Crippen LogP contribution in [-0.4, -0.2) is 15.4 Å². The fourth-order valence-electron chi connectivity index (χ4n) is 1.70. The molecule has 1 aromatic carbocycles. The van der Waals surface area contributed by atoms with Crippen molar-refractivity contribution in [1.82, 2.24) is 15.4 Å². The number of aromatic amines is 1. The molecule has 0 saturated carbocycles. The van der Waals surface area contributed by atoms with Crippen LogP contribution >= 0.6 is 0 Å². The van der Waals surface area contributed by atoms with Gasteiger partial charge in [-0.25, -0.2) is 0 Å². The average molecular weight is 211 g/mol. The van der Waals surface area contributed by atoms with Crippen molar-refractivity contribution in [2.24, 2.45) is 0 Å². The molecule has 78 valence electrons. The number of H-pyrrole nitrogens is 1. The Labute approximate surface area is 91.9 Å². The molecule has 0 aliphatic heterocycles. The molecule has 1 N–H and O–H groups in total. The first-order valence-corrected chi connectivity index (χ1v) is 4.95. The first kappa shape index (κ1) is 8.91. The van der Waals surface area contributed by atoms with Crippen LogP contribution in [0.1, 0.15) is 0 Å². The molecular weight excluding hydrogens is 202 g/mol. The molecule has 0 spiro atoms. The van der Waals surface area contributed by atoms with Crippen molar-refractivity contribution in [3.05, 3.63) is 48.9 Å². The summed E-state index contributed by atoms with van der Waals surface area (Å²) < 4.78 is 4.87. The van der Waals surface area contributed by atoms with Gasteiger partial charge >= 0.3 is 0 Å². The van der Waals surface area contributed by atoms with E-state index in [9.17, 15) is 0 Å². The van der Waals surface area contributed by atoms with Crippen LogP contribution in [0.25, 0.3) is 22.5 Å². The Morgan fingerprint density at radius 1 is 1.00 bits per heavy atom. The van der Waals surface area contributed by atoms with Gasteiger partial charge in [0.1, 0.15) is 12.0 Å². The molecular formula is C12H9N3O. The molecule has 4 nitrogen and oxygen atoms in total. The highest BCUT2D eigenvalue weighted by molar-refractivity contribution is 5.79. The van der Waals surface area contributed by atoms with E-state index >= 15 is 0 Å². The van der Waals surface area contributed by atoms with Gasteiger partial charge < -0.3 is 4.52 Å². The Hall–Kier alpha value is -2.36. The predicted octanol–water partition coefficient (Wildman–Crippen LogP) is 2.73. The van der Waals surface area contributed by atoms with Crippen molar-refractivity contribution >= 4 is 0 Å². The quantitative estimate of drug-likeness (QED) is 0.709. The van der Waals surface area contributed by atoms with Gasteiger partial charge in [0.15, 0.2) is 0 Å². The lowest BCUT2D eigenvalue weighted by Crippen LogP contribution is -1.84. The predicted molar refractivity (Wildman–Crippen MR) is 59.5 cm³/mol. The molecule has 0 radical (unpaired) electrons. The third-order valence-corrected chi connectivity index (χ3v) is 2.43. The fraction of sp³-hybridized carbons (Fsp3) is 0. The maximum absolute atomic E-state index is 4.87. The second-order valence-electron chi connectivity index (χ2n) is 3.40. The van der Waals surface area contributed by atoms with Gasteiger partial charge in [-0.15, -0.1) is 0 Å². The summed E-state index contributed by atoms with van der Waals surface area (Å²) in [4.78, 5) is 0. The second kappa shape index (κ2) is 3.66. The van der Waals surface area contributed by atoms with Crippen LogP contribution in [0.5, 0.6) is 0 Å². The summed E-state index contributed by atoms with van der Waals surface area (Å²) in [6.45, 7) is 0. The van der Waals surface area contributed by atoms with E-state index in [0.29, 0.717) is 0 Å². The van der Waals surface area contributed by atoms with E-state index < -0.39 is 0 Å². The van der Waals surface area contributed by atoms with E-state index in [1.807, 2.05) is 36.4 Å². The Kier molecular flexibility index (Phi) is 2.04. The number of benzene rings is 1. The summed E-state index contributed by atoms with van der Waals surface area (Å²) in [7, 11) is 0. The van der Waals surface area contributed by atoms with Crippen LogP contribution in [0.4, 0.5) is 0 Å². The van der Waals surface area contributed by atoms with Crippen LogP contribution in [-0.2, 0) is 0 Å². The lowest BCUT2D eigenvalue weighted by Gasteiger charge is -2.03. The summed E-state index contributed by atoms with van der Waals surface area (Å²) in [6.07, 6.45) is 3.30. The Morgan fingerprint density at radius 2 is 1.88 bits per heavy atom. The highest BCUT2D eigenvalue weighted by Gasteiger charge is 2.09. The molecule has 0 aliphatic carbocycles. The largest absolute Gasteiger partial charge is 0.364 e. The molecule has 2 heterocycles. The summed E-state index contributed by atoms with van der Waals surface area (Å²) >= 11 is 0. The molecule has 0 fully saturated rings. The average Bonchev–Trinajstić information content (AvgIpc) is 3.03. The van der Waals surface area contributed by atoms with Crippen molar-refractivity contribution in [2.75, 3.05) is 0 Å². The van der Waals surface area contributed by atoms with Crippen molar-refractivity contribution in [2.45, 2.75) is 0 Å². The van der Waals surface area contributed by atoms with Crippen molar-refractivity contribution in [1.29, 1.82) is 0 Å². The van der Waals surface area contributed by atoms with E-state index in [4.69, 9.17) is 4.52 Å². The van der Waals surface area contributed by atoms with Gasteiger partial charge in [0.05, 0.1) is 5.69 Å². The van der Waals surface area contributed by atoms with Gasteiger partial charge in [0.2, 0.25) is 0 Å². The summed E-state index contributed by atoms with van der Waals surface area (Å²) in [5, 5.41) is 10.8. The molecule has 0 unspecified atom stereocenters. The minimum absolute atomic E-state index is 0.824. The van der Waals surface area contributed by atoms with Gasteiger partial charge in [-0.1, -0.05) is 29.4 Å². The smallest absolute Gasteiger partial charge is 0.124 e. The molecule has 0 bridgehead atoms. The normalized spacial score (nSPS) is 10.5. The molecule has 3 aromatic rings. The Morgan fingerprint density at radius 3 is 2.56 bits per heavy atom. The number of hydrogen-bond donors (Lipinski definition) is 1. The highest BCUT2D eigenvalue weighted by Crippen LogP contribution is 2.29. The van der Waals surface area contributed by atoms with E-state index in [1.54, 1.807) is 12.5 Å². The number of aromatic nitrogens is 3. The van der Waals surface area contributed by atoms with Gasteiger partial charge in [-0.3, -0.25) is 5.10 Å². The molecule has 3 rings (SSSR count). The standard InChI is InChI=1S/C12H9N3O/c1-2-4-10(12-6-8-16-15-12)9(3-1)11-5-7-13-14-11/h1-8H,(H,13,14). The van der Waals surface area contributed by atoms with Gasteiger partial charge in [0.25, 0.3) is 0 Å². The minimum atomic E-state index is 0.824. The molecule has 0 aliphatic rings. The number of nitrogens with one attached hydrogen (secondary N) is 1. The second-order valence-corrected chi connectivity index (χ2v) is 3.40. The summed E-state index contributed by atoms with van der Waals surface area (Å²) in [5.74, 6) is 0. The van der Waals surface area contributed by atoms with Crippen molar-refractivity contribution < 1.29 is 4.52 Å². The zero-order chi connectivity index (χ0) is 10.8. The Bertz CT molecular complexity index is 517. The van der Waals surface area contributed by atoms with E-state index in [0.717, 1.165) is 22.5 Å². The molecule has 4 heteroatoms. The third-order valence-electron chi connectivity index (χ3n) is 2.43. The molecule has 0 amide bonds. The lowest BCUT2D eigenvalue weighted by molar-refractivity contribution is 0.422. The topological polar surface area (TPSA) is 54.7 Å². The minimum Gasteiger partial charge on any atom is -0.364 e. The SMILES string of the molecule is c1ccc(-c2ccn[nH]2)c(-c2ccon2)c1. The maximum atomic E-state index is 4.87.